The van der Waals surface area contributed by atoms with Crippen LogP contribution in [0.4, 0.5) is 17.6 Å². The summed E-state index contributed by atoms with van der Waals surface area (Å²) in [6, 6.07) is 33.9. The number of benzene rings is 6. The molecule has 0 aromatic heterocycles. The van der Waals surface area contributed by atoms with Gasteiger partial charge in [-0.05, 0) is 176 Å². The second-order valence-electron chi connectivity index (χ2n) is 21.9. The quantitative estimate of drug-likeness (QED) is 0.00949. The molecule has 4 aliphatic rings. The molecule has 0 saturated carbocycles. The third-order valence-corrected chi connectivity index (χ3v) is 14.4. The Morgan fingerprint density at radius 3 is 1.26 bits per heavy atom. The number of carbonyl (C=O) groups excluding carboxylic acids is 3. The molecule has 6 aromatic rings. The Labute approximate surface area is 611 Å². The van der Waals surface area contributed by atoms with Crippen molar-refractivity contribution in [3.63, 3.8) is 0 Å². The Hall–Kier alpha value is -2.68. The maximum atomic E-state index is 13.8. The normalized spacial score (nSPS) is 16.2. The molecule has 0 radical (unpaired) electrons. The van der Waals surface area contributed by atoms with Crippen LogP contribution in [0.5, 0.6) is 40.2 Å². The van der Waals surface area contributed by atoms with Crippen LogP contribution in [0, 0.1) is 11.2 Å². The van der Waals surface area contributed by atoms with Gasteiger partial charge in [-0.3, -0.25) is 0 Å². The molecule has 23 heteroatoms. The number of esters is 3. The Morgan fingerprint density at radius 1 is 0.522 bits per heavy atom. The van der Waals surface area contributed by atoms with Crippen LogP contribution in [-0.4, -0.2) is 186 Å². The molecule has 2 atom stereocenters. The summed E-state index contributed by atoms with van der Waals surface area (Å²) in [7, 11) is 0. The summed E-state index contributed by atoms with van der Waals surface area (Å²) in [5.41, 5.74) is 5.41. The predicted molar refractivity (Wildman–Crippen MR) is 324 cm³/mol. The van der Waals surface area contributed by atoms with Crippen molar-refractivity contribution >= 4 is 81.1 Å². The van der Waals surface area contributed by atoms with Gasteiger partial charge in [0.2, 0.25) is 0 Å². The van der Waals surface area contributed by atoms with Crippen molar-refractivity contribution in [3.8, 4) is 51.4 Å². The molecular weight excluding hydrogens is 1250 g/mol. The first-order chi connectivity index (χ1) is 43.1. The van der Waals surface area contributed by atoms with E-state index in [1.165, 1.54) is 75.3 Å². The Balaban J connectivity index is 0.000000296. The van der Waals surface area contributed by atoms with Gasteiger partial charge in [-0.25, -0.2) is 18.8 Å². The molecule has 0 bridgehead atoms. The van der Waals surface area contributed by atoms with Crippen molar-refractivity contribution in [2.24, 2.45) is 5.41 Å². The summed E-state index contributed by atoms with van der Waals surface area (Å²) in [5, 5.41) is 0. The van der Waals surface area contributed by atoms with Crippen molar-refractivity contribution in [2.75, 3.05) is 85.9 Å². The molecule has 2 unspecified atom stereocenters. The minimum atomic E-state index is -5.03. The fraction of sp³-hybridized carbons (Fsp3) is 0.418. The number of carbonyl (C=O) groups is 3. The molecule has 6 aromatic carbocycles. The molecule has 0 amide bonds. The third kappa shape index (κ3) is 25.5. The summed E-state index contributed by atoms with van der Waals surface area (Å²) < 4.78 is 120. The van der Waals surface area contributed by atoms with Crippen molar-refractivity contribution in [1.29, 1.82) is 0 Å². The van der Waals surface area contributed by atoms with E-state index in [2.05, 4.69) is 18.6 Å². The average molecular weight is 1330 g/mol. The number of alkyl halides is 3. The zero-order valence-corrected chi connectivity index (χ0v) is 61.1. The number of fused-ring (bicyclic) bond motifs is 3. The van der Waals surface area contributed by atoms with E-state index in [-0.39, 0.29) is 87.7 Å². The molecule has 3 heterocycles. The number of epoxide rings is 2. The zero-order chi connectivity index (χ0) is 63.0. The number of ether oxygens (including phenoxy) is 13. The first-order valence-electron chi connectivity index (χ1n) is 30.4. The van der Waals surface area contributed by atoms with Gasteiger partial charge in [0.05, 0.1) is 82.8 Å². The monoisotopic (exact) mass is 1330 g/mol. The fourth-order valence-electron chi connectivity index (χ4n) is 9.35. The Morgan fingerprint density at radius 2 is 0.878 bits per heavy atom. The molecule has 10 rings (SSSR count). The summed E-state index contributed by atoms with van der Waals surface area (Å²) in [4.78, 5) is 38.2. The van der Waals surface area contributed by atoms with Crippen molar-refractivity contribution in [1.82, 2.24) is 0 Å². The summed E-state index contributed by atoms with van der Waals surface area (Å²) in [5.74, 6) is -1.33. The van der Waals surface area contributed by atoms with Gasteiger partial charge in [0.15, 0.2) is 11.6 Å². The summed E-state index contributed by atoms with van der Waals surface area (Å²) in [6.07, 6.45) is 3.07. The summed E-state index contributed by atoms with van der Waals surface area (Å²) in [6.45, 7) is 13.3. The average Bonchev–Trinajstić information content (AvgIpc) is 1.63. The molecule has 468 valence electrons. The molecule has 3 fully saturated rings. The Kier molecular flexibility index (Phi) is 32.2. The van der Waals surface area contributed by atoms with E-state index in [0.717, 1.165) is 125 Å². The van der Waals surface area contributed by atoms with Gasteiger partial charge < -0.3 is 63.0 Å². The van der Waals surface area contributed by atoms with Crippen LogP contribution < -0.4 is 84.5 Å². The standard InChI is InChI=1S/C42H44O10.C25H28F4O6.3K.H/c1-28-39-22-33(51-41(43)29-6-10-31(11-7-29)47-20-4-2-18-45-24-35-26-49-35)14-16-37(39)38-17-15-34(23-40(28)38)52-42(44)30-8-12-32(13-9-30)48-21-5-3-19-46-25-36-27-50-36;1-24(16-32-17-24)15-31-12-4-2-3-5-13-33-19-8-6-18(7-9-19)23(30)34-20-10-11-22(21(26)14-20)35-25(27,28)29;;;;/h6-17,22-23,28,35-36H,2-5,18-21,24-27H2,1H3;6-11,14H,2-5,12-13,15-17H2,1H3;;;;/q;;;;+1;-1. The van der Waals surface area contributed by atoms with Crippen LogP contribution in [0.25, 0.3) is 11.1 Å². The van der Waals surface area contributed by atoms with E-state index in [1.807, 2.05) is 24.3 Å². The van der Waals surface area contributed by atoms with E-state index in [1.54, 1.807) is 72.8 Å². The van der Waals surface area contributed by atoms with Gasteiger partial charge in [-0.2, -0.15) is 0 Å². The molecule has 90 heavy (non-hydrogen) atoms. The number of rotatable bonds is 33. The number of hydrogen-bond acceptors (Lipinski definition) is 16. The molecule has 3 saturated heterocycles. The Bertz CT molecular complexity index is 3070. The van der Waals surface area contributed by atoms with Crippen LogP contribution >= 0.6 is 0 Å². The van der Waals surface area contributed by atoms with Gasteiger partial charge in [0, 0.05) is 37.2 Å². The third-order valence-electron chi connectivity index (χ3n) is 14.4. The van der Waals surface area contributed by atoms with Crippen LogP contribution in [0.15, 0.2) is 127 Å². The predicted octanol–water partition coefficient (Wildman–Crippen LogP) is 9.70. The van der Waals surface area contributed by atoms with Gasteiger partial charge in [0.25, 0.3) is 0 Å². The summed E-state index contributed by atoms with van der Waals surface area (Å²) >= 11 is 2.50. The second kappa shape index (κ2) is 38.8. The van der Waals surface area contributed by atoms with E-state index in [0.29, 0.717) is 92.2 Å². The van der Waals surface area contributed by atoms with Gasteiger partial charge in [0.1, 0.15) is 46.7 Å². The molecule has 1 aliphatic carbocycles. The van der Waals surface area contributed by atoms with E-state index in [9.17, 15) is 31.9 Å². The maximum absolute atomic E-state index is 13.8. The first kappa shape index (κ1) is 74.7. The fourth-order valence-corrected chi connectivity index (χ4v) is 9.35. The van der Waals surface area contributed by atoms with Crippen molar-refractivity contribution in [3.05, 3.63) is 161 Å². The van der Waals surface area contributed by atoms with Gasteiger partial charge in [-0.1, -0.05) is 32.4 Å². The molecular formula is C67H73F4K3O16. The van der Waals surface area contributed by atoms with Gasteiger partial charge >= 0.3 is 139 Å². The number of hydrogen-bond donors (Lipinski definition) is 0. The van der Waals surface area contributed by atoms with Crippen LogP contribution in [0.3, 0.4) is 0 Å². The van der Waals surface area contributed by atoms with Crippen molar-refractivity contribution in [2.45, 2.75) is 89.7 Å². The van der Waals surface area contributed by atoms with Gasteiger partial charge in [-0.15, -0.1) is 13.2 Å². The van der Waals surface area contributed by atoms with Crippen LogP contribution in [0.1, 0.15) is 115 Å². The zero-order valence-electron chi connectivity index (χ0n) is 52.7. The number of unbranched alkanes of at least 4 members (excludes halogenated alkanes) is 5. The first-order valence-corrected chi connectivity index (χ1v) is 46.4. The van der Waals surface area contributed by atoms with E-state index in [4.69, 9.17) is 56.8 Å². The van der Waals surface area contributed by atoms with E-state index < -0.39 is 35.8 Å². The molecule has 3 aliphatic heterocycles. The topological polar surface area (TPSA) is 178 Å². The van der Waals surface area contributed by atoms with Crippen LogP contribution in [-0.2, 0) is 28.4 Å². The minimum absolute atomic E-state index is 0. The van der Waals surface area contributed by atoms with Crippen LogP contribution in [0.2, 0.25) is 0 Å². The van der Waals surface area contributed by atoms with E-state index >= 15 is 0 Å². The van der Waals surface area contributed by atoms with Crippen molar-refractivity contribution < 1.29 is 146 Å². The molecule has 0 spiro atoms. The number of halogens is 4. The SMILES string of the molecule is CC1(COCCCCCCOc2ccc(C(=O)Oc3ccc(OC(F)(F)F)c(F)c3)cc2)COC1.CC1c2cc(OC(=O)c3ccc(OCCCCOCC4CO4)cc3)ccc2-c2ccc(OC(=O)c3ccc(OCCCCOCC4CO4)cc3)cc21.[H-].[K+].[K][K]. The molecule has 16 nitrogen and oxygen atoms in total. The molecule has 0 N–H and O–H groups in total. The second-order valence-corrected chi connectivity index (χ2v) is 21.9.